The maximum atomic E-state index is 12.0. The van der Waals surface area contributed by atoms with E-state index in [4.69, 9.17) is 0 Å². The summed E-state index contributed by atoms with van der Waals surface area (Å²) in [5, 5.41) is 18.3. The number of fused-ring (bicyclic) bond motifs is 1. The van der Waals surface area contributed by atoms with E-state index in [2.05, 4.69) is 31.1 Å². The number of aromatic hydroxyl groups is 1. The van der Waals surface area contributed by atoms with Gasteiger partial charge in [-0.25, -0.2) is 0 Å². The first-order chi connectivity index (χ1) is 10.5. The quantitative estimate of drug-likeness (QED) is 0.641. The number of aromatic amines is 1. The van der Waals surface area contributed by atoms with Crippen LogP contribution in [-0.4, -0.2) is 16.0 Å². The van der Waals surface area contributed by atoms with Crippen LogP contribution in [0, 0.1) is 6.92 Å². The molecule has 0 saturated heterocycles. The summed E-state index contributed by atoms with van der Waals surface area (Å²) in [6.45, 7) is 1.94. The Bertz CT molecular complexity index is 882. The molecule has 0 spiro atoms. The van der Waals surface area contributed by atoms with Crippen LogP contribution in [-0.2, 0) is 0 Å². The zero-order valence-corrected chi connectivity index (χ0v) is 13.3. The lowest BCUT2D eigenvalue weighted by molar-refractivity contribution is 0.0995. The number of carbonyl (C=O) groups is 1. The molecule has 3 rings (SSSR count). The maximum absolute atomic E-state index is 12.0. The Kier molecular flexibility index (Phi) is 3.77. The minimum absolute atomic E-state index is 0.104. The zero-order chi connectivity index (χ0) is 15.7. The fourth-order valence-corrected chi connectivity index (χ4v) is 2.39. The molecule has 1 heterocycles. The van der Waals surface area contributed by atoms with Gasteiger partial charge in [-0.1, -0.05) is 27.6 Å². The molecule has 0 fully saturated rings. The topological polar surface area (TPSA) is 77.8 Å². The third-order valence-electron chi connectivity index (χ3n) is 3.24. The number of benzene rings is 2. The molecule has 2 aromatic carbocycles. The lowest BCUT2D eigenvalue weighted by Crippen LogP contribution is -1.92. The second-order valence-corrected chi connectivity index (χ2v) is 5.80. The van der Waals surface area contributed by atoms with Crippen molar-refractivity contribution in [2.24, 2.45) is 10.2 Å². The Morgan fingerprint density at radius 1 is 1.18 bits per heavy atom. The van der Waals surface area contributed by atoms with Crippen molar-refractivity contribution in [1.82, 2.24) is 4.98 Å². The fourth-order valence-electron chi connectivity index (χ4n) is 2.12. The maximum Gasteiger partial charge on any atom is 0.295 e. The molecule has 22 heavy (non-hydrogen) atoms. The van der Waals surface area contributed by atoms with Crippen LogP contribution in [0.2, 0.25) is 0 Å². The molecule has 110 valence electrons. The Balaban J connectivity index is 1.95. The van der Waals surface area contributed by atoms with E-state index in [-0.39, 0.29) is 11.6 Å². The minimum atomic E-state index is -0.464. The summed E-state index contributed by atoms with van der Waals surface area (Å²) >= 11 is 3.31. The van der Waals surface area contributed by atoms with Gasteiger partial charge in [0.1, 0.15) is 0 Å². The number of nitrogens with one attached hydrogen (secondary N) is 1. The molecule has 0 aliphatic rings. The van der Waals surface area contributed by atoms with Gasteiger partial charge in [-0.3, -0.25) is 4.79 Å². The van der Waals surface area contributed by atoms with E-state index in [9.17, 15) is 9.90 Å². The molecular formula is C16H12BrN3O2. The summed E-state index contributed by atoms with van der Waals surface area (Å²) in [6, 6.07) is 12.5. The van der Waals surface area contributed by atoms with Crippen LogP contribution in [0.25, 0.3) is 10.9 Å². The van der Waals surface area contributed by atoms with E-state index in [0.717, 1.165) is 20.9 Å². The van der Waals surface area contributed by atoms with Crippen LogP contribution >= 0.6 is 15.9 Å². The molecule has 0 aliphatic heterocycles. The van der Waals surface area contributed by atoms with E-state index in [1.165, 1.54) is 0 Å². The summed E-state index contributed by atoms with van der Waals surface area (Å²) in [4.78, 5) is 14.8. The van der Waals surface area contributed by atoms with E-state index < -0.39 is 5.91 Å². The monoisotopic (exact) mass is 357 g/mol. The van der Waals surface area contributed by atoms with Crippen molar-refractivity contribution in [3.8, 4) is 5.88 Å². The molecular weight excluding hydrogens is 346 g/mol. The van der Waals surface area contributed by atoms with E-state index in [0.29, 0.717) is 5.56 Å². The summed E-state index contributed by atoms with van der Waals surface area (Å²) in [7, 11) is 0. The molecule has 0 saturated carbocycles. The molecule has 0 bridgehead atoms. The van der Waals surface area contributed by atoms with Gasteiger partial charge >= 0.3 is 0 Å². The molecule has 2 N–H and O–H groups in total. The highest BCUT2D eigenvalue weighted by molar-refractivity contribution is 9.10. The lowest BCUT2D eigenvalue weighted by atomic mass is 10.1. The Labute approximate surface area is 134 Å². The van der Waals surface area contributed by atoms with Gasteiger partial charge < -0.3 is 10.1 Å². The smallest absolute Gasteiger partial charge is 0.295 e. The average Bonchev–Trinajstić information content (AvgIpc) is 2.80. The number of azo groups is 1. The number of carbonyl (C=O) groups excluding carboxylic acids is 1. The van der Waals surface area contributed by atoms with Crippen molar-refractivity contribution < 1.29 is 9.90 Å². The highest BCUT2D eigenvalue weighted by atomic mass is 79.9. The van der Waals surface area contributed by atoms with Crippen molar-refractivity contribution in [2.45, 2.75) is 6.92 Å². The summed E-state index contributed by atoms with van der Waals surface area (Å²) in [5.74, 6) is -0.568. The van der Waals surface area contributed by atoms with Gasteiger partial charge in [-0.05, 0) is 43.3 Å². The molecule has 3 aromatic rings. The van der Waals surface area contributed by atoms with Crippen molar-refractivity contribution >= 4 is 38.4 Å². The highest BCUT2D eigenvalue weighted by Gasteiger charge is 2.11. The van der Waals surface area contributed by atoms with Crippen molar-refractivity contribution in [1.29, 1.82) is 0 Å². The Morgan fingerprint density at radius 2 is 1.91 bits per heavy atom. The van der Waals surface area contributed by atoms with Crippen molar-refractivity contribution in [3.05, 3.63) is 58.1 Å². The Hall–Kier alpha value is -2.47. The first-order valence-corrected chi connectivity index (χ1v) is 7.37. The number of rotatable bonds is 2. The number of aryl methyl sites for hydroxylation is 1. The number of nitrogens with zero attached hydrogens (tertiary/aromatic N) is 2. The minimum Gasteiger partial charge on any atom is -0.493 e. The first-order valence-electron chi connectivity index (χ1n) is 6.57. The van der Waals surface area contributed by atoms with Crippen LogP contribution in [0.4, 0.5) is 5.69 Å². The van der Waals surface area contributed by atoms with Crippen LogP contribution < -0.4 is 0 Å². The number of hydrogen-bond donors (Lipinski definition) is 2. The average molecular weight is 358 g/mol. The molecule has 0 unspecified atom stereocenters. The predicted molar refractivity (Wildman–Crippen MR) is 87.7 cm³/mol. The van der Waals surface area contributed by atoms with Crippen LogP contribution in [0.15, 0.2) is 57.2 Å². The summed E-state index contributed by atoms with van der Waals surface area (Å²) < 4.78 is 0.880. The lowest BCUT2D eigenvalue weighted by Gasteiger charge is -1.96. The number of halogens is 1. The van der Waals surface area contributed by atoms with Gasteiger partial charge in [0.25, 0.3) is 5.91 Å². The molecule has 1 amide bonds. The van der Waals surface area contributed by atoms with E-state index in [1.54, 1.807) is 24.3 Å². The predicted octanol–water partition coefficient (Wildman–Crippen LogP) is 4.87. The molecule has 0 aliphatic carbocycles. The molecule has 1 aromatic heterocycles. The van der Waals surface area contributed by atoms with Gasteiger partial charge in [0, 0.05) is 15.4 Å². The fraction of sp³-hybridized carbons (Fsp3) is 0.0625. The van der Waals surface area contributed by atoms with Crippen molar-refractivity contribution in [2.75, 3.05) is 0 Å². The van der Waals surface area contributed by atoms with Gasteiger partial charge in [0.2, 0.25) is 5.88 Å². The highest BCUT2D eigenvalue weighted by Crippen LogP contribution is 2.35. The molecule has 0 atom stereocenters. The third-order valence-corrected chi connectivity index (χ3v) is 3.77. The first kappa shape index (κ1) is 14.5. The van der Waals surface area contributed by atoms with E-state index in [1.807, 2.05) is 25.1 Å². The second-order valence-electron chi connectivity index (χ2n) is 4.88. The molecule has 5 nitrogen and oxygen atoms in total. The summed E-state index contributed by atoms with van der Waals surface area (Å²) in [5.41, 5.74) is 2.47. The second kappa shape index (κ2) is 5.73. The van der Waals surface area contributed by atoms with Crippen LogP contribution in [0.5, 0.6) is 5.88 Å². The molecule has 0 radical (unpaired) electrons. The number of amides is 1. The number of H-pyrrole nitrogens is 1. The number of hydrogen-bond acceptors (Lipinski definition) is 3. The molecule has 6 heteroatoms. The number of aromatic nitrogens is 1. The SMILES string of the molecule is Cc1ccc2[nH]c(O)c(N=NC(=O)c3ccc(Br)cc3)c2c1. The normalized spacial score (nSPS) is 11.4. The third kappa shape index (κ3) is 2.78. The van der Waals surface area contributed by atoms with E-state index >= 15 is 0 Å². The zero-order valence-electron chi connectivity index (χ0n) is 11.7. The Morgan fingerprint density at radius 3 is 2.64 bits per heavy atom. The summed E-state index contributed by atoms with van der Waals surface area (Å²) in [6.07, 6.45) is 0. The van der Waals surface area contributed by atoms with Crippen LogP contribution in [0.3, 0.4) is 0 Å². The van der Waals surface area contributed by atoms with Crippen molar-refractivity contribution in [3.63, 3.8) is 0 Å². The largest absolute Gasteiger partial charge is 0.493 e. The van der Waals surface area contributed by atoms with Gasteiger partial charge in [-0.2, -0.15) is 0 Å². The van der Waals surface area contributed by atoms with Crippen LogP contribution in [0.1, 0.15) is 15.9 Å². The standard InChI is InChI=1S/C16H12BrN3O2/c1-9-2-7-13-12(8-9)14(16(22)18-13)19-20-15(21)10-3-5-11(17)6-4-10/h2-8,18,22H,1H3. The van der Waals surface area contributed by atoms with Gasteiger partial charge in [-0.15, -0.1) is 10.2 Å². The van der Waals surface area contributed by atoms with Gasteiger partial charge in [0.05, 0.1) is 5.52 Å². The van der Waals surface area contributed by atoms with Gasteiger partial charge in [0.15, 0.2) is 5.69 Å².